The molecule has 2 aromatic rings. The molecule has 1 amide bonds. The van der Waals surface area contributed by atoms with Crippen molar-refractivity contribution in [2.24, 2.45) is 0 Å². The van der Waals surface area contributed by atoms with Gasteiger partial charge in [0.05, 0.1) is 13.7 Å². The molecule has 0 bridgehead atoms. The van der Waals surface area contributed by atoms with Gasteiger partial charge in [-0.15, -0.1) is 20.4 Å². The van der Waals surface area contributed by atoms with Crippen molar-refractivity contribution in [1.29, 1.82) is 0 Å². The Morgan fingerprint density at radius 3 is 2.37 bits per heavy atom. The maximum atomic E-state index is 10.3. The molecule has 19 heavy (non-hydrogen) atoms. The first-order valence-corrected chi connectivity index (χ1v) is 5.36. The lowest BCUT2D eigenvalue weighted by atomic mass is 10.2. The normalized spacial score (nSPS) is 9.95. The number of hydrogen-bond donors (Lipinski definition) is 2. The summed E-state index contributed by atoms with van der Waals surface area (Å²) < 4.78 is 5.04. The maximum absolute atomic E-state index is 10.3. The van der Waals surface area contributed by atoms with Crippen LogP contribution in [0.25, 0.3) is 11.4 Å². The summed E-state index contributed by atoms with van der Waals surface area (Å²) in [5.74, 6) is 1.30. The van der Waals surface area contributed by atoms with Gasteiger partial charge in [0.25, 0.3) is 0 Å². The summed E-state index contributed by atoms with van der Waals surface area (Å²) in [7, 11) is 1.58. The van der Waals surface area contributed by atoms with Crippen LogP contribution >= 0.6 is 0 Å². The Labute approximate surface area is 108 Å². The Morgan fingerprint density at radius 2 is 1.84 bits per heavy atom. The van der Waals surface area contributed by atoms with Gasteiger partial charge in [0, 0.05) is 5.56 Å². The van der Waals surface area contributed by atoms with E-state index in [4.69, 9.17) is 9.84 Å². The van der Waals surface area contributed by atoms with Crippen LogP contribution in [0.1, 0.15) is 5.82 Å². The Kier molecular flexibility index (Phi) is 3.81. The average molecular weight is 261 g/mol. The molecular formula is C11H11N5O3. The molecule has 98 valence electrons. The van der Waals surface area contributed by atoms with Crippen molar-refractivity contribution >= 4 is 6.09 Å². The summed E-state index contributed by atoms with van der Waals surface area (Å²) in [5.41, 5.74) is 0.749. The molecule has 0 fully saturated rings. The van der Waals surface area contributed by atoms with Gasteiger partial charge in [-0.1, -0.05) is 0 Å². The summed E-state index contributed by atoms with van der Waals surface area (Å²) in [5, 5.41) is 25.9. The van der Waals surface area contributed by atoms with Gasteiger partial charge >= 0.3 is 6.09 Å². The molecule has 1 heterocycles. The minimum Gasteiger partial charge on any atom is -0.497 e. The lowest BCUT2D eigenvalue weighted by Gasteiger charge is -2.02. The summed E-state index contributed by atoms with van der Waals surface area (Å²) in [6.45, 7) is -0.0295. The minimum absolute atomic E-state index is 0.0295. The molecule has 0 saturated carbocycles. The third-order valence-electron chi connectivity index (χ3n) is 2.27. The zero-order chi connectivity index (χ0) is 13.7. The third kappa shape index (κ3) is 3.35. The van der Waals surface area contributed by atoms with Gasteiger partial charge in [-0.3, -0.25) is 0 Å². The van der Waals surface area contributed by atoms with E-state index in [0.29, 0.717) is 5.82 Å². The van der Waals surface area contributed by atoms with Crippen LogP contribution in [0.3, 0.4) is 0 Å². The first kappa shape index (κ1) is 12.7. The number of rotatable bonds is 4. The van der Waals surface area contributed by atoms with Crippen LogP contribution in [0.2, 0.25) is 0 Å². The van der Waals surface area contributed by atoms with Crippen molar-refractivity contribution < 1.29 is 14.6 Å². The molecule has 8 nitrogen and oxygen atoms in total. The number of aromatic nitrogens is 4. The van der Waals surface area contributed by atoms with E-state index in [-0.39, 0.29) is 12.4 Å². The molecule has 0 aliphatic heterocycles. The van der Waals surface area contributed by atoms with Crippen LogP contribution in [0.5, 0.6) is 5.75 Å². The summed E-state index contributed by atoms with van der Waals surface area (Å²) in [4.78, 5) is 10.3. The quantitative estimate of drug-likeness (QED) is 0.833. The van der Waals surface area contributed by atoms with E-state index < -0.39 is 6.09 Å². The number of amides is 1. The van der Waals surface area contributed by atoms with Gasteiger partial charge < -0.3 is 15.2 Å². The van der Waals surface area contributed by atoms with Crippen molar-refractivity contribution in [3.8, 4) is 17.1 Å². The highest BCUT2D eigenvalue weighted by atomic mass is 16.5. The van der Waals surface area contributed by atoms with Crippen LogP contribution in [0, 0.1) is 0 Å². The molecule has 0 unspecified atom stereocenters. The molecular weight excluding hydrogens is 250 g/mol. The van der Waals surface area contributed by atoms with Crippen molar-refractivity contribution in [1.82, 2.24) is 25.7 Å². The van der Waals surface area contributed by atoms with Crippen molar-refractivity contribution in [2.75, 3.05) is 7.11 Å². The molecule has 8 heteroatoms. The molecule has 0 spiro atoms. The zero-order valence-electron chi connectivity index (χ0n) is 10.1. The Morgan fingerprint density at radius 1 is 1.21 bits per heavy atom. The highest BCUT2D eigenvalue weighted by Crippen LogP contribution is 2.17. The highest BCUT2D eigenvalue weighted by molar-refractivity contribution is 5.64. The van der Waals surface area contributed by atoms with Gasteiger partial charge in [0.15, 0.2) is 5.82 Å². The zero-order valence-corrected chi connectivity index (χ0v) is 10.1. The lowest BCUT2D eigenvalue weighted by molar-refractivity contribution is 0.193. The maximum Gasteiger partial charge on any atom is 0.405 e. The van der Waals surface area contributed by atoms with Crippen molar-refractivity contribution in [2.45, 2.75) is 6.54 Å². The van der Waals surface area contributed by atoms with Crippen LogP contribution in [-0.4, -0.2) is 38.7 Å². The largest absolute Gasteiger partial charge is 0.497 e. The predicted molar refractivity (Wildman–Crippen MR) is 64.5 cm³/mol. The van der Waals surface area contributed by atoms with Gasteiger partial charge in [-0.25, -0.2) is 4.79 Å². The fraction of sp³-hybridized carbons (Fsp3) is 0.182. The Bertz CT molecular complexity index is 556. The number of carbonyl (C=O) groups is 1. The van der Waals surface area contributed by atoms with Crippen LogP contribution < -0.4 is 10.1 Å². The molecule has 0 atom stereocenters. The molecule has 1 aromatic carbocycles. The first-order valence-electron chi connectivity index (χ1n) is 5.36. The Balaban J connectivity index is 2.10. The third-order valence-corrected chi connectivity index (χ3v) is 2.27. The van der Waals surface area contributed by atoms with Gasteiger partial charge in [-0.05, 0) is 24.3 Å². The average Bonchev–Trinajstić information content (AvgIpc) is 2.46. The summed E-state index contributed by atoms with van der Waals surface area (Å²) >= 11 is 0. The van der Waals surface area contributed by atoms with Crippen LogP contribution in [-0.2, 0) is 6.54 Å². The topological polar surface area (TPSA) is 110 Å². The molecule has 0 radical (unpaired) electrons. The highest BCUT2D eigenvalue weighted by Gasteiger charge is 2.05. The van der Waals surface area contributed by atoms with E-state index in [0.717, 1.165) is 11.3 Å². The van der Waals surface area contributed by atoms with E-state index in [9.17, 15) is 4.79 Å². The fourth-order valence-electron chi connectivity index (χ4n) is 1.33. The number of carboxylic acid groups (broad SMARTS) is 1. The van der Waals surface area contributed by atoms with E-state index in [1.807, 2.05) is 0 Å². The Hall–Kier alpha value is -2.77. The second kappa shape index (κ2) is 5.71. The number of ether oxygens (including phenoxy) is 1. The van der Waals surface area contributed by atoms with E-state index in [2.05, 4.69) is 25.7 Å². The standard InChI is InChI=1S/C11H11N5O3/c1-19-8-4-2-7(3-5-8)10-15-13-9(14-16-10)6-12-11(17)18/h2-5,12H,6H2,1H3,(H,17,18). The smallest absolute Gasteiger partial charge is 0.405 e. The molecule has 0 saturated heterocycles. The number of benzene rings is 1. The van der Waals surface area contributed by atoms with Gasteiger partial charge in [0.2, 0.25) is 5.82 Å². The van der Waals surface area contributed by atoms with Crippen molar-refractivity contribution in [3.63, 3.8) is 0 Å². The second-order valence-electron chi connectivity index (χ2n) is 3.53. The number of nitrogens with zero attached hydrogens (tertiary/aromatic N) is 4. The van der Waals surface area contributed by atoms with Crippen LogP contribution in [0.15, 0.2) is 24.3 Å². The van der Waals surface area contributed by atoms with E-state index in [1.165, 1.54) is 0 Å². The predicted octanol–water partition coefficient (Wildman–Crippen LogP) is 0.710. The molecule has 1 aromatic heterocycles. The molecule has 2 N–H and O–H groups in total. The van der Waals surface area contributed by atoms with Crippen molar-refractivity contribution in [3.05, 3.63) is 30.1 Å². The first-order chi connectivity index (χ1) is 9.19. The minimum atomic E-state index is -1.15. The molecule has 2 rings (SSSR count). The summed E-state index contributed by atoms with van der Waals surface area (Å²) in [6.07, 6.45) is -1.15. The van der Waals surface area contributed by atoms with Gasteiger partial charge in [0.1, 0.15) is 5.75 Å². The molecule has 0 aliphatic rings. The second-order valence-corrected chi connectivity index (χ2v) is 3.53. The van der Waals surface area contributed by atoms with Crippen LogP contribution in [0.4, 0.5) is 4.79 Å². The van der Waals surface area contributed by atoms with E-state index >= 15 is 0 Å². The fourth-order valence-corrected chi connectivity index (χ4v) is 1.33. The number of nitrogens with one attached hydrogen (secondary N) is 1. The number of methoxy groups -OCH3 is 1. The molecule has 0 aliphatic carbocycles. The number of hydrogen-bond acceptors (Lipinski definition) is 6. The SMILES string of the molecule is COc1ccc(-c2nnc(CNC(=O)O)nn2)cc1. The lowest BCUT2D eigenvalue weighted by Crippen LogP contribution is -2.22. The van der Waals surface area contributed by atoms with E-state index in [1.54, 1.807) is 31.4 Å². The monoisotopic (exact) mass is 261 g/mol. The van der Waals surface area contributed by atoms with Gasteiger partial charge in [-0.2, -0.15) is 0 Å². The summed E-state index contributed by atoms with van der Waals surface area (Å²) in [6, 6.07) is 7.12.